The van der Waals surface area contributed by atoms with Crippen molar-refractivity contribution in [3.8, 4) is 5.75 Å². The lowest BCUT2D eigenvalue weighted by Crippen LogP contribution is -2.16. The highest BCUT2D eigenvalue weighted by molar-refractivity contribution is 6.03. The number of ether oxygens (including phenoxy) is 1. The van der Waals surface area contributed by atoms with Crippen LogP contribution in [0.3, 0.4) is 0 Å². The summed E-state index contributed by atoms with van der Waals surface area (Å²) in [6, 6.07) is 4.74. The van der Waals surface area contributed by atoms with Crippen molar-refractivity contribution in [2.45, 2.75) is 40.3 Å². The van der Waals surface area contributed by atoms with Crippen LogP contribution in [0.5, 0.6) is 5.75 Å². The maximum atomic E-state index is 13.7. The van der Waals surface area contributed by atoms with Gasteiger partial charge >= 0.3 is 0 Å². The summed E-state index contributed by atoms with van der Waals surface area (Å²) >= 11 is 0. The number of nitrogens with one attached hydrogen (secondary N) is 1. The first kappa shape index (κ1) is 19.5. The molecule has 0 saturated heterocycles. The summed E-state index contributed by atoms with van der Waals surface area (Å²) in [7, 11) is 0. The Morgan fingerprint density at radius 2 is 2.07 bits per heavy atom. The smallest absolute Gasteiger partial charge is 0.279 e. The van der Waals surface area contributed by atoms with Gasteiger partial charge in [-0.25, -0.2) is 8.78 Å². The van der Waals surface area contributed by atoms with Crippen molar-refractivity contribution < 1.29 is 22.8 Å². The summed E-state index contributed by atoms with van der Waals surface area (Å²) in [5.74, 6) is -1.44. The Labute approximate surface area is 160 Å². The maximum absolute atomic E-state index is 13.7. The molecule has 1 N–H and O–H groups in total. The molecule has 0 spiro atoms. The molecule has 7 nitrogen and oxygen atoms in total. The minimum Gasteiger partial charge on any atom is -0.486 e. The molecule has 0 atom stereocenters. The van der Waals surface area contributed by atoms with E-state index >= 15 is 0 Å². The molecule has 0 radical (unpaired) electrons. The molecule has 9 heteroatoms. The second-order valence-electron chi connectivity index (χ2n) is 6.28. The minimum atomic E-state index is -0.836. The number of benzene rings is 1. The summed E-state index contributed by atoms with van der Waals surface area (Å²) < 4.78 is 39.0. The van der Waals surface area contributed by atoms with Crippen molar-refractivity contribution in [1.29, 1.82) is 0 Å². The monoisotopic (exact) mass is 390 g/mol. The molecule has 3 aromatic rings. The predicted octanol–water partition coefficient (Wildman–Crippen LogP) is 4.01. The lowest BCUT2D eigenvalue weighted by atomic mass is 10.2. The number of halogens is 2. The lowest BCUT2D eigenvalue weighted by molar-refractivity contribution is 0.101. The molecule has 148 valence electrons. The topological polar surface area (TPSA) is 82.2 Å². The van der Waals surface area contributed by atoms with Crippen LogP contribution in [0.1, 0.15) is 40.9 Å². The third-order valence-electron chi connectivity index (χ3n) is 4.12. The van der Waals surface area contributed by atoms with E-state index in [1.807, 2.05) is 13.8 Å². The van der Waals surface area contributed by atoms with Crippen LogP contribution >= 0.6 is 0 Å². The van der Waals surface area contributed by atoms with Gasteiger partial charge in [0, 0.05) is 24.4 Å². The molecule has 0 fully saturated rings. The number of hydrogen-bond donors (Lipinski definition) is 1. The van der Waals surface area contributed by atoms with E-state index in [9.17, 15) is 13.6 Å². The molecule has 3 rings (SSSR count). The Hall–Kier alpha value is -3.23. The molecular weight excluding hydrogens is 370 g/mol. The Morgan fingerprint density at radius 1 is 1.29 bits per heavy atom. The number of aryl methyl sites for hydroxylation is 3. The second-order valence-corrected chi connectivity index (χ2v) is 6.28. The zero-order chi connectivity index (χ0) is 20.3. The van der Waals surface area contributed by atoms with E-state index < -0.39 is 17.5 Å². The fraction of sp³-hybridized carbons (Fsp3) is 0.316. The van der Waals surface area contributed by atoms with E-state index in [1.165, 1.54) is 6.07 Å². The van der Waals surface area contributed by atoms with Gasteiger partial charge in [-0.15, -0.1) is 0 Å². The zero-order valence-electron chi connectivity index (χ0n) is 15.8. The highest BCUT2D eigenvalue weighted by atomic mass is 19.1. The van der Waals surface area contributed by atoms with Gasteiger partial charge in [0.1, 0.15) is 18.2 Å². The van der Waals surface area contributed by atoms with Crippen LogP contribution in [-0.2, 0) is 13.2 Å². The standard InChI is InChI=1S/C19H20F2N4O3/c1-4-7-25-11(2)8-17(23-25)22-19(26)18-14(12(3)28-24-18)10-27-16-6-5-13(20)9-15(16)21/h5-6,8-9H,4,7,10H2,1-3H3,(H,22,23,26). The van der Waals surface area contributed by atoms with Gasteiger partial charge < -0.3 is 14.6 Å². The van der Waals surface area contributed by atoms with Gasteiger partial charge in [0.05, 0.1) is 5.56 Å². The number of rotatable bonds is 7. The van der Waals surface area contributed by atoms with Crippen LogP contribution in [0.15, 0.2) is 28.8 Å². The normalized spacial score (nSPS) is 10.9. The Kier molecular flexibility index (Phi) is 5.72. The quantitative estimate of drug-likeness (QED) is 0.659. The summed E-state index contributed by atoms with van der Waals surface area (Å²) in [4.78, 5) is 12.6. The van der Waals surface area contributed by atoms with Gasteiger partial charge in [-0.1, -0.05) is 12.1 Å². The molecule has 0 bridgehead atoms. The van der Waals surface area contributed by atoms with E-state index in [4.69, 9.17) is 9.26 Å². The molecule has 1 amide bonds. The van der Waals surface area contributed by atoms with Gasteiger partial charge in [0.25, 0.3) is 5.91 Å². The van der Waals surface area contributed by atoms with Gasteiger partial charge in [-0.05, 0) is 32.4 Å². The number of nitrogens with zero attached hydrogens (tertiary/aromatic N) is 3. The van der Waals surface area contributed by atoms with Crippen molar-refractivity contribution in [2.24, 2.45) is 0 Å². The second kappa shape index (κ2) is 8.20. The van der Waals surface area contributed by atoms with E-state index in [-0.39, 0.29) is 18.1 Å². The Balaban J connectivity index is 1.74. The van der Waals surface area contributed by atoms with Gasteiger partial charge in [0.15, 0.2) is 23.1 Å². The van der Waals surface area contributed by atoms with E-state index in [2.05, 4.69) is 15.6 Å². The van der Waals surface area contributed by atoms with Crippen molar-refractivity contribution in [1.82, 2.24) is 14.9 Å². The third kappa shape index (κ3) is 4.19. The van der Waals surface area contributed by atoms with E-state index in [0.717, 1.165) is 30.8 Å². The first-order valence-corrected chi connectivity index (χ1v) is 8.77. The van der Waals surface area contributed by atoms with Crippen molar-refractivity contribution >= 4 is 11.7 Å². The molecule has 2 aromatic heterocycles. The largest absolute Gasteiger partial charge is 0.486 e. The Morgan fingerprint density at radius 3 is 2.79 bits per heavy atom. The maximum Gasteiger partial charge on any atom is 0.279 e. The SMILES string of the molecule is CCCn1nc(NC(=O)c2noc(C)c2COc2ccc(F)cc2F)cc1C. The van der Waals surface area contributed by atoms with Crippen molar-refractivity contribution in [2.75, 3.05) is 5.32 Å². The number of anilines is 1. The molecule has 0 aliphatic rings. The van der Waals surface area contributed by atoms with Crippen LogP contribution in [0.2, 0.25) is 0 Å². The third-order valence-corrected chi connectivity index (χ3v) is 4.12. The summed E-state index contributed by atoms with van der Waals surface area (Å²) in [6.07, 6.45) is 0.916. The minimum absolute atomic E-state index is 0.0164. The highest BCUT2D eigenvalue weighted by Gasteiger charge is 2.22. The zero-order valence-corrected chi connectivity index (χ0v) is 15.8. The van der Waals surface area contributed by atoms with E-state index in [0.29, 0.717) is 17.1 Å². The highest BCUT2D eigenvalue weighted by Crippen LogP contribution is 2.22. The molecule has 28 heavy (non-hydrogen) atoms. The van der Waals surface area contributed by atoms with Crippen LogP contribution in [0, 0.1) is 25.5 Å². The number of hydrogen-bond acceptors (Lipinski definition) is 5. The van der Waals surface area contributed by atoms with Crippen LogP contribution in [0.4, 0.5) is 14.6 Å². The van der Waals surface area contributed by atoms with Crippen molar-refractivity contribution in [3.05, 3.63) is 58.6 Å². The summed E-state index contributed by atoms with van der Waals surface area (Å²) in [6.45, 7) is 6.13. The summed E-state index contributed by atoms with van der Waals surface area (Å²) in [5.41, 5.74) is 1.30. The number of amides is 1. The average molecular weight is 390 g/mol. The summed E-state index contributed by atoms with van der Waals surface area (Å²) in [5, 5.41) is 10.8. The number of carbonyl (C=O) groups is 1. The van der Waals surface area contributed by atoms with Crippen molar-refractivity contribution in [3.63, 3.8) is 0 Å². The molecule has 0 saturated carbocycles. The van der Waals surface area contributed by atoms with Gasteiger partial charge in [-0.2, -0.15) is 5.10 Å². The van der Waals surface area contributed by atoms with E-state index in [1.54, 1.807) is 17.7 Å². The van der Waals surface area contributed by atoms with Crippen LogP contribution < -0.4 is 10.1 Å². The molecule has 0 aliphatic carbocycles. The predicted molar refractivity (Wildman–Crippen MR) is 97.1 cm³/mol. The molecular formula is C19H20F2N4O3. The van der Waals surface area contributed by atoms with Gasteiger partial charge in [-0.3, -0.25) is 9.48 Å². The fourth-order valence-electron chi connectivity index (χ4n) is 2.67. The number of aromatic nitrogens is 3. The fourth-order valence-corrected chi connectivity index (χ4v) is 2.67. The van der Waals surface area contributed by atoms with Crippen LogP contribution in [-0.4, -0.2) is 20.8 Å². The molecule has 0 aliphatic heterocycles. The molecule has 2 heterocycles. The first-order chi connectivity index (χ1) is 13.4. The number of carbonyl (C=O) groups excluding carboxylic acids is 1. The Bertz CT molecular complexity index is 997. The average Bonchev–Trinajstić information content (AvgIpc) is 3.17. The van der Waals surface area contributed by atoms with Gasteiger partial charge in [0.2, 0.25) is 0 Å². The molecule has 0 unspecified atom stereocenters. The first-order valence-electron chi connectivity index (χ1n) is 8.77. The lowest BCUT2D eigenvalue weighted by Gasteiger charge is -2.07. The molecule has 1 aromatic carbocycles. The van der Waals surface area contributed by atoms with Crippen LogP contribution in [0.25, 0.3) is 0 Å².